The summed E-state index contributed by atoms with van der Waals surface area (Å²) in [6.45, 7) is 0. The summed E-state index contributed by atoms with van der Waals surface area (Å²) >= 11 is 0. The van der Waals surface area contributed by atoms with Gasteiger partial charge in [-0.1, -0.05) is 0 Å². The Morgan fingerprint density at radius 1 is 1.11 bits per heavy atom. The monoisotopic (exact) mass is 381 g/mol. The topological polar surface area (TPSA) is 77.3 Å². The molecule has 1 saturated carbocycles. The van der Waals surface area contributed by atoms with Gasteiger partial charge in [0.15, 0.2) is 0 Å². The third-order valence-corrected chi connectivity index (χ3v) is 4.50. The van der Waals surface area contributed by atoms with E-state index in [4.69, 9.17) is 4.74 Å². The van der Waals surface area contributed by atoms with Gasteiger partial charge < -0.3 is 10.1 Å². The maximum absolute atomic E-state index is 13.1. The van der Waals surface area contributed by atoms with Crippen LogP contribution in [0.4, 0.5) is 24.5 Å². The van der Waals surface area contributed by atoms with Crippen LogP contribution in [-0.4, -0.2) is 22.1 Å². The average molecular weight is 381 g/mol. The molecule has 0 radical (unpaired) electrons. The molecule has 1 fully saturated rings. The number of pyridine rings is 1. The summed E-state index contributed by atoms with van der Waals surface area (Å²) in [5.74, 6) is 0.742. The molecule has 3 rings (SSSR count). The van der Waals surface area contributed by atoms with Crippen LogP contribution < -0.4 is 10.1 Å². The van der Waals surface area contributed by atoms with Crippen molar-refractivity contribution in [3.05, 3.63) is 58.4 Å². The number of hydrogen-bond donors (Lipinski definition) is 1. The zero-order valence-electron chi connectivity index (χ0n) is 14.3. The van der Waals surface area contributed by atoms with E-state index in [1.54, 1.807) is 24.5 Å². The number of aromatic nitrogens is 1. The SMILES string of the molecule is O=[N+]([O-])c1ccc(NC2CCC(Oc3ccncc3)CC2)cc1C(F)(F)F. The first-order chi connectivity index (χ1) is 12.8. The Labute approximate surface area is 153 Å². The largest absolute Gasteiger partial charge is 0.490 e. The van der Waals surface area contributed by atoms with Crippen LogP contribution in [0.3, 0.4) is 0 Å². The van der Waals surface area contributed by atoms with E-state index in [9.17, 15) is 23.3 Å². The lowest BCUT2D eigenvalue weighted by Gasteiger charge is -2.30. The fourth-order valence-corrected chi connectivity index (χ4v) is 3.18. The number of rotatable bonds is 5. The smallest absolute Gasteiger partial charge is 0.423 e. The standard InChI is InChI=1S/C18H18F3N3O3/c19-18(20,21)16-11-13(3-6-17(16)24(25)26)23-12-1-4-14(5-2-12)27-15-7-9-22-10-8-15/h3,6-12,14,23H,1-2,4-5H2. The molecule has 0 atom stereocenters. The zero-order valence-corrected chi connectivity index (χ0v) is 14.3. The van der Waals surface area contributed by atoms with Crippen LogP contribution in [0.5, 0.6) is 5.75 Å². The van der Waals surface area contributed by atoms with Crippen molar-refractivity contribution in [1.82, 2.24) is 4.98 Å². The molecule has 1 N–H and O–H groups in total. The first kappa shape index (κ1) is 18.9. The Morgan fingerprint density at radius 2 is 1.78 bits per heavy atom. The van der Waals surface area contributed by atoms with Gasteiger partial charge in [0.2, 0.25) is 0 Å². The second-order valence-corrected chi connectivity index (χ2v) is 6.41. The minimum absolute atomic E-state index is 0.00942. The summed E-state index contributed by atoms with van der Waals surface area (Å²) < 4.78 is 45.1. The number of halogens is 3. The Hall–Kier alpha value is -2.84. The Bertz CT molecular complexity index is 791. The normalized spacial score (nSPS) is 20.1. The van der Waals surface area contributed by atoms with E-state index in [1.807, 2.05) is 0 Å². The van der Waals surface area contributed by atoms with Gasteiger partial charge in [-0.3, -0.25) is 15.1 Å². The molecule has 9 heteroatoms. The molecule has 1 aromatic carbocycles. The van der Waals surface area contributed by atoms with Gasteiger partial charge in [0.05, 0.1) is 11.0 Å². The Balaban J connectivity index is 1.61. The summed E-state index contributed by atoms with van der Waals surface area (Å²) in [6.07, 6.45) is 1.55. The number of anilines is 1. The van der Waals surface area contributed by atoms with Gasteiger partial charge in [-0.25, -0.2) is 0 Å². The Morgan fingerprint density at radius 3 is 2.37 bits per heavy atom. The summed E-state index contributed by atoms with van der Waals surface area (Å²) in [6, 6.07) is 6.55. The molecule has 6 nitrogen and oxygen atoms in total. The van der Waals surface area contributed by atoms with Crippen LogP contribution >= 0.6 is 0 Å². The van der Waals surface area contributed by atoms with Crippen LogP contribution in [-0.2, 0) is 6.18 Å². The minimum atomic E-state index is -4.78. The van der Waals surface area contributed by atoms with Gasteiger partial charge in [-0.15, -0.1) is 0 Å². The van der Waals surface area contributed by atoms with E-state index < -0.39 is 22.4 Å². The van der Waals surface area contributed by atoms with E-state index in [0.717, 1.165) is 43.6 Å². The summed E-state index contributed by atoms with van der Waals surface area (Å²) in [5, 5.41) is 13.9. The molecule has 0 unspecified atom stereocenters. The number of ether oxygens (including phenoxy) is 1. The predicted molar refractivity (Wildman–Crippen MR) is 92.6 cm³/mol. The number of nitro benzene ring substituents is 1. The summed E-state index contributed by atoms with van der Waals surface area (Å²) in [5.41, 5.74) is -1.96. The highest BCUT2D eigenvalue weighted by Crippen LogP contribution is 2.38. The molecule has 1 aliphatic carbocycles. The molecular formula is C18H18F3N3O3. The molecule has 0 spiro atoms. The van der Waals surface area contributed by atoms with Gasteiger partial charge >= 0.3 is 6.18 Å². The van der Waals surface area contributed by atoms with Crippen molar-refractivity contribution in [2.45, 2.75) is 44.0 Å². The number of alkyl halides is 3. The summed E-state index contributed by atoms with van der Waals surface area (Å²) in [4.78, 5) is 13.7. The molecule has 0 saturated heterocycles. The van der Waals surface area contributed by atoms with Crippen LogP contribution in [0.2, 0.25) is 0 Å². The first-order valence-electron chi connectivity index (χ1n) is 8.52. The van der Waals surface area contributed by atoms with Crippen LogP contribution in [0.1, 0.15) is 31.2 Å². The molecular weight excluding hydrogens is 363 g/mol. The highest BCUT2D eigenvalue weighted by atomic mass is 19.4. The van der Waals surface area contributed by atoms with Gasteiger partial charge in [-0.2, -0.15) is 13.2 Å². The molecule has 1 aliphatic rings. The van der Waals surface area contributed by atoms with Crippen molar-refractivity contribution in [3.63, 3.8) is 0 Å². The van der Waals surface area contributed by atoms with Gasteiger partial charge in [0.25, 0.3) is 5.69 Å². The van der Waals surface area contributed by atoms with Gasteiger partial charge in [0, 0.05) is 30.2 Å². The highest BCUT2D eigenvalue weighted by Gasteiger charge is 2.38. The van der Waals surface area contributed by atoms with Crippen LogP contribution in [0.25, 0.3) is 0 Å². The lowest BCUT2D eigenvalue weighted by molar-refractivity contribution is -0.388. The second-order valence-electron chi connectivity index (χ2n) is 6.41. The number of nitrogens with one attached hydrogen (secondary N) is 1. The molecule has 0 amide bonds. The van der Waals surface area contributed by atoms with Crippen molar-refractivity contribution in [2.24, 2.45) is 0 Å². The van der Waals surface area contributed by atoms with Crippen molar-refractivity contribution in [1.29, 1.82) is 0 Å². The van der Waals surface area contributed by atoms with E-state index in [-0.39, 0.29) is 17.8 Å². The minimum Gasteiger partial charge on any atom is -0.490 e. The quantitative estimate of drug-likeness (QED) is 0.594. The fraction of sp³-hybridized carbons (Fsp3) is 0.389. The summed E-state index contributed by atoms with van der Waals surface area (Å²) in [7, 11) is 0. The Kier molecular flexibility index (Phi) is 5.48. The molecule has 144 valence electrons. The predicted octanol–water partition coefficient (Wildman–Crippen LogP) is 4.81. The van der Waals surface area contributed by atoms with E-state index in [1.165, 1.54) is 6.07 Å². The van der Waals surface area contributed by atoms with Gasteiger partial charge in [0.1, 0.15) is 11.3 Å². The van der Waals surface area contributed by atoms with E-state index in [2.05, 4.69) is 10.3 Å². The van der Waals surface area contributed by atoms with Crippen molar-refractivity contribution in [2.75, 3.05) is 5.32 Å². The van der Waals surface area contributed by atoms with Crippen molar-refractivity contribution in [3.8, 4) is 5.75 Å². The number of hydrogen-bond acceptors (Lipinski definition) is 5. The molecule has 27 heavy (non-hydrogen) atoms. The maximum Gasteiger partial charge on any atom is 0.423 e. The lowest BCUT2D eigenvalue weighted by Crippen LogP contribution is -2.31. The van der Waals surface area contributed by atoms with Crippen LogP contribution in [0, 0.1) is 10.1 Å². The zero-order chi connectivity index (χ0) is 19.4. The van der Waals surface area contributed by atoms with E-state index in [0.29, 0.717) is 0 Å². The number of benzene rings is 1. The molecule has 0 aliphatic heterocycles. The van der Waals surface area contributed by atoms with E-state index >= 15 is 0 Å². The molecule has 1 heterocycles. The third-order valence-electron chi connectivity index (χ3n) is 4.50. The maximum atomic E-state index is 13.1. The van der Waals surface area contributed by atoms with Gasteiger partial charge in [-0.05, 0) is 49.9 Å². The highest BCUT2D eigenvalue weighted by molar-refractivity contribution is 5.55. The lowest BCUT2D eigenvalue weighted by atomic mass is 9.92. The molecule has 2 aromatic rings. The van der Waals surface area contributed by atoms with Crippen molar-refractivity contribution < 1.29 is 22.8 Å². The number of nitro groups is 1. The average Bonchev–Trinajstić information content (AvgIpc) is 2.63. The fourth-order valence-electron chi connectivity index (χ4n) is 3.18. The first-order valence-corrected chi connectivity index (χ1v) is 8.52. The third kappa shape index (κ3) is 4.87. The molecule has 0 bridgehead atoms. The molecule has 1 aromatic heterocycles. The number of nitrogens with zero attached hydrogens (tertiary/aromatic N) is 2. The second kappa shape index (κ2) is 7.81. The van der Waals surface area contributed by atoms with Crippen molar-refractivity contribution >= 4 is 11.4 Å². The van der Waals surface area contributed by atoms with Crippen LogP contribution in [0.15, 0.2) is 42.7 Å².